The molecule has 132 valence electrons. The molecule has 2 saturated heterocycles. The Hall–Kier alpha value is -2.09. The summed E-state index contributed by atoms with van der Waals surface area (Å²) in [7, 11) is 4.98. The summed E-state index contributed by atoms with van der Waals surface area (Å²) in [4.78, 5) is 28.1. The molecule has 2 aliphatic heterocycles. The molecule has 1 aromatic heterocycles. The van der Waals surface area contributed by atoms with Gasteiger partial charge >= 0.3 is 0 Å². The van der Waals surface area contributed by atoms with Crippen LogP contribution in [0.15, 0.2) is 10.6 Å². The van der Waals surface area contributed by atoms with Gasteiger partial charge in [-0.05, 0) is 18.0 Å². The summed E-state index contributed by atoms with van der Waals surface area (Å²) in [5.41, 5.74) is 0. The molecule has 24 heavy (non-hydrogen) atoms. The molecule has 2 fully saturated rings. The highest BCUT2D eigenvalue weighted by molar-refractivity contribution is 5.91. The van der Waals surface area contributed by atoms with Crippen molar-refractivity contribution in [3.63, 3.8) is 0 Å². The summed E-state index contributed by atoms with van der Waals surface area (Å²) in [6.45, 7) is 1.63. The number of carbonyl (C=O) groups excluding carboxylic acids is 2. The van der Waals surface area contributed by atoms with Crippen molar-refractivity contribution >= 4 is 11.8 Å². The first-order valence-corrected chi connectivity index (χ1v) is 8.12. The third-order valence-corrected chi connectivity index (χ3v) is 4.75. The maximum absolute atomic E-state index is 12.5. The van der Waals surface area contributed by atoms with E-state index in [1.807, 2.05) is 0 Å². The Balaban J connectivity index is 1.65. The van der Waals surface area contributed by atoms with Gasteiger partial charge in [0.2, 0.25) is 11.7 Å². The monoisotopic (exact) mass is 337 g/mol. The lowest BCUT2D eigenvalue weighted by molar-refractivity contribution is -0.145. The zero-order chi connectivity index (χ0) is 17.3. The van der Waals surface area contributed by atoms with Gasteiger partial charge < -0.3 is 23.8 Å². The van der Waals surface area contributed by atoms with Gasteiger partial charge in [0, 0.05) is 33.1 Å². The Morgan fingerprint density at radius 3 is 2.88 bits per heavy atom. The Kier molecular flexibility index (Phi) is 4.75. The van der Waals surface area contributed by atoms with Crippen molar-refractivity contribution < 1.29 is 23.6 Å². The number of hydrogen-bond acceptors (Lipinski definition) is 6. The van der Waals surface area contributed by atoms with Crippen LogP contribution in [0.1, 0.15) is 23.4 Å². The molecule has 2 aliphatic rings. The second kappa shape index (κ2) is 6.80. The molecule has 0 aromatic carbocycles. The van der Waals surface area contributed by atoms with Crippen LogP contribution in [0.2, 0.25) is 0 Å². The molecule has 2 amide bonds. The van der Waals surface area contributed by atoms with Crippen LogP contribution in [0.4, 0.5) is 0 Å². The van der Waals surface area contributed by atoms with Gasteiger partial charge in [0.15, 0.2) is 0 Å². The molecule has 3 heterocycles. The van der Waals surface area contributed by atoms with E-state index in [-0.39, 0.29) is 41.4 Å². The van der Waals surface area contributed by atoms with Crippen LogP contribution in [-0.2, 0) is 9.53 Å². The zero-order valence-electron chi connectivity index (χ0n) is 14.2. The van der Waals surface area contributed by atoms with Crippen LogP contribution in [0, 0.1) is 11.8 Å². The highest BCUT2D eigenvalue weighted by Crippen LogP contribution is 2.32. The van der Waals surface area contributed by atoms with E-state index in [2.05, 4.69) is 5.16 Å². The third kappa shape index (κ3) is 3.24. The van der Waals surface area contributed by atoms with Gasteiger partial charge in [-0.3, -0.25) is 9.59 Å². The summed E-state index contributed by atoms with van der Waals surface area (Å²) in [5.74, 6) is 0.354. The van der Waals surface area contributed by atoms with Crippen LogP contribution < -0.4 is 4.74 Å². The Labute approximate surface area is 140 Å². The number of nitrogens with zero attached hydrogens (tertiary/aromatic N) is 3. The van der Waals surface area contributed by atoms with Crippen molar-refractivity contribution in [3.05, 3.63) is 11.8 Å². The minimum atomic E-state index is -0.203. The fraction of sp³-hybridized carbons (Fsp3) is 0.688. The number of fused-ring (bicyclic) bond motifs is 1. The SMILES string of the molecule is COc1cc(C(=O)N2CC[C@H]3OC[C@@H](C(=O)N(C)C)C[C@H]3C2)on1. The van der Waals surface area contributed by atoms with E-state index in [0.29, 0.717) is 19.7 Å². The van der Waals surface area contributed by atoms with Crippen molar-refractivity contribution in [1.29, 1.82) is 0 Å². The smallest absolute Gasteiger partial charge is 0.292 e. The number of piperidine rings is 1. The molecule has 0 N–H and O–H groups in total. The Morgan fingerprint density at radius 2 is 2.21 bits per heavy atom. The lowest BCUT2D eigenvalue weighted by Crippen LogP contribution is -2.51. The first kappa shape index (κ1) is 16.8. The van der Waals surface area contributed by atoms with Crippen LogP contribution >= 0.6 is 0 Å². The first-order valence-electron chi connectivity index (χ1n) is 8.12. The quantitative estimate of drug-likeness (QED) is 0.805. The van der Waals surface area contributed by atoms with E-state index < -0.39 is 0 Å². The van der Waals surface area contributed by atoms with Crippen LogP contribution in [0.5, 0.6) is 5.88 Å². The normalized spacial score (nSPS) is 26.6. The number of carbonyl (C=O) groups is 2. The molecule has 0 unspecified atom stereocenters. The molecule has 3 atom stereocenters. The molecule has 8 heteroatoms. The molecular formula is C16H23N3O5. The van der Waals surface area contributed by atoms with Crippen molar-refractivity contribution in [2.45, 2.75) is 18.9 Å². The third-order valence-electron chi connectivity index (χ3n) is 4.75. The van der Waals surface area contributed by atoms with Gasteiger partial charge in [0.05, 0.1) is 31.8 Å². The highest BCUT2D eigenvalue weighted by Gasteiger charge is 2.40. The minimum Gasteiger partial charge on any atom is -0.479 e. The van der Waals surface area contributed by atoms with E-state index in [0.717, 1.165) is 12.8 Å². The molecule has 8 nitrogen and oxygen atoms in total. The predicted molar refractivity (Wildman–Crippen MR) is 83.6 cm³/mol. The van der Waals surface area contributed by atoms with Crippen molar-refractivity contribution in [3.8, 4) is 5.88 Å². The Bertz CT molecular complexity index is 615. The summed E-state index contributed by atoms with van der Waals surface area (Å²) in [6, 6.07) is 1.49. The van der Waals surface area contributed by atoms with Gasteiger partial charge in [0.1, 0.15) is 0 Å². The van der Waals surface area contributed by atoms with Crippen molar-refractivity contribution in [2.75, 3.05) is 40.9 Å². The molecule has 0 saturated carbocycles. The first-order chi connectivity index (χ1) is 11.5. The largest absolute Gasteiger partial charge is 0.479 e. The molecular weight excluding hydrogens is 314 g/mol. The number of aromatic nitrogens is 1. The number of hydrogen-bond donors (Lipinski definition) is 0. The number of methoxy groups -OCH3 is 1. The number of ether oxygens (including phenoxy) is 2. The van der Waals surface area contributed by atoms with Crippen molar-refractivity contribution in [1.82, 2.24) is 15.0 Å². The van der Waals surface area contributed by atoms with E-state index in [1.165, 1.54) is 13.2 Å². The molecule has 0 radical (unpaired) electrons. The maximum Gasteiger partial charge on any atom is 0.292 e. The topological polar surface area (TPSA) is 85.1 Å². The number of rotatable bonds is 3. The van der Waals surface area contributed by atoms with Gasteiger partial charge in [-0.1, -0.05) is 0 Å². The second-order valence-corrected chi connectivity index (χ2v) is 6.57. The average Bonchev–Trinajstić information content (AvgIpc) is 3.08. The summed E-state index contributed by atoms with van der Waals surface area (Å²) < 4.78 is 15.9. The maximum atomic E-state index is 12.5. The zero-order valence-corrected chi connectivity index (χ0v) is 14.2. The number of likely N-dealkylation sites (tertiary alicyclic amines) is 1. The van der Waals surface area contributed by atoms with Crippen LogP contribution in [-0.4, -0.2) is 73.8 Å². The van der Waals surface area contributed by atoms with Crippen LogP contribution in [0.3, 0.4) is 0 Å². The van der Waals surface area contributed by atoms with Crippen LogP contribution in [0.25, 0.3) is 0 Å². The molecule has 0 bridgehead atoms. The second-order valence-electron chi connectivity index (χ2n) is 6.57. The molecule has 3 rings (SSSR count). The summed E-state index contributed by atoms with van der Waals surface area (Å²) in [5, 5.41) is 3.67. The van der Waals surface area contributed by atoms with E-state index >= 15 is 0 Å². The molecule has 1 aromatic rings. The number of amides is 2. The molecule has 0 spiro atoms. The van der Waals surface area contributed by atoms with E-state index in [9.17, 15) is 9.59 Å². The predicted octanol–water partition coefficient (Wildman–Crippen LogP) is 0.639. The Morgan fingerprint density at radius 1 is 1.42 bits per heavy atom. The van der Waals surface area contributed by atoms with Gasteiger partial charge in [-0.25, -0.2) is 0 Å². The minimum absolute atomic E-state index is 0.0804. The van der Waals surface area contributed by atoms with Gasteiger partial charge in [-0.15, -0.1) is 0 Å². The average molecular weight is 337 g/mol. The lowest BCUT2D eigenvalue weighted by atomic mass is 9.83. The summed E-state index contributed by atoms with van der Waals surface area (Å²) >= 11 is 0. The fourth-order valence-electron chi connectivity index (χ4n) is 3.46. The van der Waals surface area contributed by atoms with E-state index in [4.69, 9.17) is 14.0 Å². The highest BCUT2D eigenvalue weighted by atomic mass is 16.5. The lowest BCUT2D eigenvalue weighted by Gasteiger charge is -2.43. The fourth-order valence-corrected chi connectivity index (χ4v) is 3.46. The van der Waals surface area contributed by atoms with Crippen molar-refractivity contribution in [2.24, 2.45) is 11.8 Å². The molecule has 0 aliphatic carbocycles. The van der Waals surface area contributed by atoms with Gasteiger partial charge in [-0.2, -0.15) is 0 Å². The van der Waals surface area contributed by atoms with E-state index in [1.54, 1.807) is 23.9 Å². The summed E-state index contributed by atoms with van der Waals surface area (Å²) in [6.07, 6.45) is 1.62. The standard InChI is InChI=1S/C16H23N3O5/c1-18(2)15(20)11-6-10-8-19(5-4-12(10)23-9-11)16(21)13-7-14(22-3)17-24-13/h7,10-12H,4-6,8-9H2,1-3H3/t10-,11-,12+/m0/s1. The van der Waals surface area contributed by atoms with Gasteiger partial charge in [0.25, 0.3) is 11.8 Å².